The number of esters is 1. The van der Waals surface area contributed by atoms with E-state index in [1.807, 2.05) is 29.3 Å². The monoisotopic (exact) mass is 542 g/mol. The normalized spacial score (nSPS) is 20.2. The predicted molar refractivity (Wildman–Crippen MR) is 154 cm³/mol. The van der Waals surface area contributed by atoms with Crippen molar-refractivity contribution in [3.05, 3.63) is 59.8 Å². The van der Waals surface area contributed by atoms with Gasteiger partial charge in [0.2, 0.25) is 11.9 Å². The maximum atomic E-state index is 12.9. The van der Waals surface area contributed by atoms with Crippen LogP contribution in [0, 0.1) is 11.3 Å². The highest BCUT2D eigenvalue weighted by molar-refractivity contribution is 5.90. The Morgan fingerprint density at radius 1 is 1.05 bits per heavy atom. The lowest BCUT2D eigenvalue weighted by atomic mass is 9.64. The zero-order valence-corrected chi connectivity index (χ0v) is 23.6. The second-order valence-corrected chi connectivity index (χ2v) is 12.3. The van der Waals surface area contributed by atoms with Crippen molar-refractivity contribution in [2.24, 2.45) is 11.3 Å². The number of likely N-dealkylation sites (tertiary alicyclic amines) is 1. The van der Waals surface area contributed by atoms with Crippen LogP contribution in [0.4, 0.5) is 11.6 Å². The largest absolute Gasteiger partial charge is 0.459 e. The average molecular weight is 543 g/mol. The van der Waals surface area contributed by atoms with Crippen LogP contribution < -0.4 is 5.32 Å². The fraction of sp³-hybridized carbons (Fsp3) is 0.484. The van der Waals surface area contributed by atoms with E-state index in [4.69, 9.17) is 9.72 Å². The summed E-state index contributed by atoms with van der Waals surface area (Å²) in [6, 6.07) is 11.3. The van der Waals surface area contributed by atoms with Gasteiger partial charge in [-0.1, -0.05) is 19.9 Å². The number of aromatic nitrogens is 3. The smallest absolute Gasteiger partial charge is 0.338 e. The summed E-state index contributed by atoms with van der Waals surface area (Å²) in [6.07, 6.45) is 8.54. The maximum Gasteiger partial charge on any atom is 0.338 e. The van der Waals surface area contributed by atoms with E-state index in [9.17, 15) is 9.59 Å². The van der Waals surface area contributed by atoms with Crippen LogP contribution in [-0.4, -0.2) is 75.6 Å². The predicted octanol–water partition coefficient (Wildman–Crippen LogP) is 4.78. The van der Waals surface area contributed by atoms with E-state index < -0.39 is 0 Å². The minimum atomic E-state index is -0.283. The van der Waals surface area contributed by atoms with E-state index in [1.54, 1.807) is 16.6 Å². The van der Waals surface area contributed by atoms with Crippen LogP contribution in [0.3, 0.4) is 0 Å². The molecule has 1 saturated carbocycles. The molecule has 1 amide bonds. The molecule has 3 aromatic rings. The standard InChI is InChI=1S/C31H38N6O3/c1-31(2)19-23(20-31)28(38)36-17-10-21(11-18-36)26-5-4-14-37-27(26)33-30(34-37)32-24-8-6-22(7-9-24)29(39)40-25-12-15-35(3)16-13-25/h4-10,14,23,25H,11-13,15-20H2,1-3H3,(H,32,34). The molecule has 40 heavy (non-hydrogen) atoms. The maximum absolute atomic E-state index is 12.9. The highest BCUT2D eigenvalue weighted by Gasteiger charge is 2.42. The first-order valence-electron chi connectivity index (χ1n) is 14.3. The molecule has 1 N–H and O–H groups in total. The second kappa shape index (κ2) is 10.7. The molecule has 6 rings (SSSR count). The van der Waals surface area contributed by atoms with E-state index in [1.165, 1.54) is 5.57 Å². The van der Waals surface area contributed by atoms with Crippen molar-refractivity contribution in [2.45, 2.75) is 52.1 Å². The Bertz CT molecular complexity index is 1430. The van der Waals surface area contributed by atoms with Gasteiger partial charge in [-0.05, 0) is 86.5 Å². The summed E-state index contributed by atoms with van der Waals surface area (Å²) in [5.74, 6) is 0.671. The molecule has 3 aliphatic rings. The van der Waals surface area contributed by atoms with Gasteiger partial charge in [-0.2, -0.15) is 4.98 Å². The molecule has 4 heterocycles. The van der Waals surface area contributed by atoms with Crippen molar-refractivity contribution in [3.8, 4) is 0 Å². The second-order valence-electron chi connectivity index (χ2n) is 12.3. The number of benzene rings is 1. The van der Waals surface area contributed by atoms with Gasteiger partial charge in [-0.3, -0.25) is 4.79 Å². The van der Waals surface area contributed by atoms with Gasteiger partial charge < -0.3 is 19.9 Å². The number of nitrogens with zero attached hydrogens (tertiary/aromatic N) is 5. The number of pyridine rings is 1. The topological polar surface area (TPSA) is 92.1 Å². The number of hydrogen-bond donors (Lipinski definition) is 1. The van der Waals surface area contributed by atoms with Crippen molar-refractivity contribution in [2.75, 3.05) is 38.5 Å². The van der Waals surface area contributed by atoms with Gasteiger partial charge in [0.25, 0.3) is 0 Å². The van der Waals surface area contributed by atoms with Crippen LogP contribution in [0.25, 0.3) is 11.2 Å². The van der Waals surface area contributed by atoms with Crippen molar-refractivity contribution >= 4 is 34.7 Å². The van der Waals surface area contributed by atoms with Gasteiger partial charge in [-0.25, -0.2) is 9.31 Å². The summed E-state index contributed by atoms with van der Waals surface area (Å²) in [4.78, 5) is 34.5. The van der Waals surface area contributed by atoms with Crippen LogP contribution in [0.1, 0.15) is 61.9 Å². The quantitative estimate of drug-likeness (QED) is 0.449. The third kappa shape index (κ3) is 5.61. The van der Waals surface area contributed by atoms with Crippen LogP contribution in [0.15, 0.2) is 48.7 Å². The summed E-state index contributed by atoms with van der Waals surface area (Å²) < 4.78 is 7.48. The molecule has 0 bridgehead atoms. The number of hydrogen-bond acceptors (Lipinski definition) is 7. The number of carbonyl (C=O) groups excluding carboxylic acids is 2. The molecule has 0 spiro atoms. The highest BCUT2D eigenvalue weighted by atomic mass is 16.5. The molecular weight excluding hydrogens is 504 g/mol. The Morgan fingerprint density at radius 2 is 1.80 bits per heavy atom. The van der Waals surface area contributed by atoms with Gasteiger partial charge in [0.05, 0.1) is 5.56 Å². The number of rotatable bonds is 6. The molecule has 2 fully saturated rings. The van der Waals surface area contributed by atoms with Crippen molar-refractivity contribution in [3.63, 3.8) is 0 Å². The molecular formula is C31H38N6O3. The van der Waals surface area contributed by atoms with Crippen LogP contribution >= 0.6 is 0 Å². The third-order valence-corrected chi connectivity index (χ3v) is 8.49. The lowest BCUT2D eigenvalue weighted by molar-refractivity contribution is -0.142. The van der Waals surface area contributed by atoms with E-state index in [0.29, 0.717) is 29.4 Å². The molecule has 2 aliphatic heterocycles. The summed E-state index contributed by atoms with van der Waals surface area (Å²) in [6.45, 7) is 7.73. The van der Waals surface area contributed by atoms with E-state index in [2.05, 4.69) is 48.4 Å². The number of amides is 1. The van der Waals surface area contributed by atoms with Gasteiger partial charge in [0, 0.05) is 49.5 Å². The Kier molecular flexibility index (Phi) is 7.08. The van der Waals surface area contributed by atoms with Gasteiger partial charge >= 0.3 is 5.97 Å². The lowest BCUT2D eigenvalue weighted by Gasteiger charge is -2.44. The van der Waals surface area contributed by atoms with Crippen LogP contribution in [-0.2, 0) is 9.53 Å². The molecule has 1 aliphatic carbocycles. The van der Waals surface area contributed by atoms with Gasteiger partial charge in [-0.15, -0.1) is 5.10 Å². The minimum Gasteiger partial charge on any atom is -0.459 e. The molecule has 9 nitrogen and oxygen atoms in total. The summed E-state index contributed by atoms with van der Waals surface area (Å²) >= 11 is 0. The average Bonchev–Trinajstić information content (AvgIpc) is 3.35. The SMILES string of the molecule is CN1CCC(OC(=O)c2ccc(Nc3nc4c(C5=CCN(C(=O)C6CC(C)(C)C6)CC5)cccn4n3)cc2)CC1. The van der Waals surface area contributed by atoms with Crippen molar-refractivity contribution < 1.29 is 14.3 Å². The summed E-state index contributed by atoms with van der Waals surface area (Å²) in [5, 5.41) is 7.87. The molecule has 0 radical (unpaired) electrons. The van der Waals surface area contributed by atoms with Crippen LogP contribution in [0.2, 0.25) is 0 Å². The van der Waals surface area contributed by atoms with Crippen LogP contribution in [0.5, 0.6) is 0 Å². The number of fused-ring (bicyclic) bond motifs is 1. The fourth-order valence-electron chi connectivity index (χ4n) is 6.17. The number of nitrogens with one attached hydrogen (secondary N) is 1. The zero-order valence-electron chi connectivity index (χ0n) is 23.6. The van der Waals surface area contributed by atoms with Crippen molar-refractivity contribution in [1.82, 2.24) is 24.4 Å². The first-order valence-corrected chi connectivity index (χ1v) is 14.3. The molecule has 0 atom stereocenters. The van der Waals surface area contributed by atoms with E-state index >= 15 is 0 Å². The number of ether oxygens (including phenoxy) is 1. The van der Waals surface area contributed by atoms with E-state index in [0.717, 1.165) is 68.6 Å². The van der Waals surface area contributed by atoms with E-state index in [-0.39, 0.29) is 18.0 Å². The first-order chi connectivity index (χ1) is 19.2. The third-order valence-electron chi connectivity index (χ3n) is 8.49. The Hall–Kier alpha value is -3.72. The van der Waals surface area contributed by atoms with Gasteiger partial charge in [0.15, 0.2) is 5.65 Å². The molecule has 0 unspecified atom stereocenters. The molecule has 210 valence electrons. The molecule has 1 aromatic carbocycles. The van der Waals surface area contributed by atoms with Gasteiger partial charge in [0.1, 0.15) is 6.10 Å². The molecule has 1 saturated heterocycles. The number of piperidine rings is 1. The lowest BCUT2D eigenvalue weighted by Crippen LogP contribution is -2.46. The Labute approximate surface area is 235 Å². The summed E-state index contributed by atoms with van der Waals surface area (Å²) in [7, 11) is 2.09. The highest BCUT2D eigenvalue weighted by Crippen LogP contribution is 2.45. The molecule has 2 aromatic heterocycles. The fourth-order valence-corrected chi connectivity index (χ4v) is 6.17. The van der Waals surface area contributed by atoms with Crippen molar-refractivity contribution in [1.29, 1.82) is 0 Å². The molecule has 9 heteroatoms. The number of anilines is 2. The Morgan fingerprint density at radius 3 is 2.48 bits per heavy atom. The minimum absolute atomic E-state index is 0.0177. The zero-order chi connectivity index (χ0) is 27.9. The number of carbonyl (C=O) groups is 2. The first kappa shape index (κ1) is 26.5. The Balaban J connectivity index is 1.10. The summed E-state index contributed by atoms with van der Waals surface area (Å²) in [5.41, 5.74) is 4.62.